The van der Waals surface area contributed by atoms with Gasteiger partial charge < -0.3 is 10.1 Å². The molecule has 0 fully saturated rings. The Morgan fingerprint density at radius 2 is 1.68 bits per heavy atom. The van der Waals surface area contributed by atoms with Crippen molar-refractivity contribution in [1.82, 2.24) is 5.32 Å². The second kappa shape index (κ2) is 8.56. The van der Waals surface area contributed by atoms with Crippen LogP contribution in [0.4, 0.5) is 10.5 Å². The minimum Gasteiger partial charge on any atom is -0.444 e. The molecule has 0 bridgehead atoms. The molecule has 0 radical (unpaired) electrons. The van der Waals surface area contributed by atoms with Crippen molar-refractivity contribution in [3.63, 3.8) is 0 Å². The molecule has 1 rings (SSSR count). The number of amides is 1. The van der Waals surface area contributed by atoms with Gasteiger partial charge in [0.1, 0.15) is 5.60 Å². The van der Waals surface area contributed by atoms with Crippen molar-refractivity contribution in [2.24, 2.45) is 0 Å². The number of aryl methyl sites for hydroxylation is 2. The maximum Gasteiger partial charge on any atom is 0.407 e. The van der Waals surface area contributed by atoms with Crippen molar-refractivity contribution >= 4 is 21.8 Å². The van der Waals surface area contributed by atoms with Crippen LogP contribution in [0, 0.1) is 0 Å². The number of anilines is 1. The highest BCUT2D eigenvalue weighted by Gasteiger charge is 2.23. The SMILES string of the molecule is CCc1cccc(CC)c1N(CCNC(=O)OC(C)(C)C)S(C)(=O)=O. The number of hydrogen-bond acceptors (Lipinski definition) is 4. The van der Waals surface area contributed by atoms with Gasteiger partial charge in [-0.2, -0.15) is 0 Å². The molecule has 7 heteroatoms. The molecule has 0 aliphatic carbocycles. The van der Waals surface area contributed by atoms with Gasteiger partial charge in [-0.25, -0.2) is 13.2 Å². The fraction of sp³-hybridized carbons (Fsp3) is 0.611. The Kier molecular flexibility index (Phi) is 7.29. The topological polar surface area (TPSA) is 75.7 Å². The van der Waals surface area contributed by atoms with E-state index in [1.807, 2.05) is 32.0 Å². The molecule has 1 amide bonds. The van der Waals surface area contributed by atoms with Crippen LogP contribution in [-0.2, 0) is 27.6 Å². The predicted molar refractivity (Wildman–Crippen MR) is 102 cm³/mol. The second-order valence-corrected chi connectivity index (χ2v) is 8.80. The molecule has 0 atom stereocenters. The number of rotatable bonds is 7. The van der Waals surface area contributed by atoms with Crippen LogP contribution in [0.2, 0.25) is 0 Å². The molecule has 1 aromatic carbocycles. The third kappa shape index (κ3) is 6.57. The first-order chi connectivity index (χ1) is 11.5. The average molecular weight is 371 g/mol. The van der Waals surface area contributed by atoms with E-state index >= 15 is 0 Å². The van der Waals surface area contributed by atoms with E-state index < -0.39 is 21.7 Å². The molecule has 0 aliphatic heterocycles. The van der Waals surface area contributed by atoms with Crippen LogP contribution in [0.25, 0.3) is 0 Å². The third-order valence-corrected chi connectivity index (χ3v) is 4.76. The molecule has 1 N–H and O–H groups in total. The van der Waals surface area contributed by atoms with Crippen LogP contribution in [0.15, 0.2) is 18.2 Å². The smallest absolute Gasteiger partial charge is 0.407 e. The van der Waals surface area contributed by atoms with Crippen LogP contribution >= 0.6 is 0 Å². The number of para-hydroxylation sites is 1. The Balaban J connectivity index is 3.00. The number of nitrogens with one attached hydrogen (secondary N) is 1. The molecule has 0 spiro atoms. The first-order valence-electron chi connectivity index (χ1n) is 8.55. The zero-order valence-electron chi connectivity index (χ0n) is 16.0. The molecule has 0 unspecified atom stereocenters. The average Bonchev–Trinajstić information content (AvgIpc) is 2.48. The van der Waals surface area contributed by atoms with Crippen molar-refractivity contribution < 1.29 is 17.9 Å². The van der Waals surface area contributed by atoms with Gasteiger partial charge in [-0.15, -0.1) is 0 Å². The number of benzene rings is 1. The number of sulfonamides is 1. The van der Waals surface area contributed by atoms with Gasteiger partial charge in [0.2, 0.25) is 10.0 Å². The van der Waals surface area contributed by atoms with Gasteiger partial charge in [-0.1, -0.05) is 32.0 Å². The van der Waals surface area contributed by atoms with Crippen molar-refractivity contribution in [1.29, 1.82) is 0 Å². The Bertz CT molecular complexity index is 671. The summed E-state index contributed by atoms with van der Waals surface area (Å²) in [6, 6.07) is 5.82. The fourth-order valence-electron chi connectivity index (χ4n) is 2.55. The van der Waals surface area contributed by atoms with E-state index in [2.05, 4.69) is 5.32 Å². The molecule has 0 aromatic heterocycles. The van der Waals surface area contributed by atoms with Gasteiger partial charge in [-0.3, -0.25) is 4.31 Å². The molecule has 0 heterocycles. The van der Waals surface area contributed by atoms with Crippen molar-refractivity contribution in [3.8, 4) is 0 Å². The zero-order valence-corrected chi connectivity index (χ0v) is 16.9. The van der Waals surface area contributed by atoms with Crippen molar-refractivity contribution in [2.45, 2.75) is 53.1 Å². The largest absolute Gasteiger partial charge is 0.444 e. The summed E-state index contributed by atoms with van der Waals surface area (Å²) in [5.74, 6) is 0. The number of ether oxygens (including phenoxy) is 1. The zero-order chi connectivity index (χ0) is 19.3. The van der Waals surface area contributed by atoms with Gasteiger partial charge in [0, 0.05) is 6.54 Å². The molecule has 0 saturated carbocycles. The maximum absolute atomic E-state index is 12.4. The number of carbonyl (C=O) groups excluding carboxylic acids is 1. The van der Waals surface area contributed by atoms with Gasteiger partial charge in [0.25, 0.3) is 0 Å². The molecule has 142 valence electrons. The van der Waals surface area contributed by atoms with Crippen LogP contribution < -0.4 is 9.62 Å². The van der Waals surface area contributed by atoms with E-state index in [1.54, 1.807) is 20.8 Å². The molecule has 1 aromatic rings. The highest BCUT2D eigenvalue weighted by atomic mass is 32.2. The lowest BCUT2D eigenvalue weighted by Crippen LogP contribution is -2.40. The van der Waals surface area contributed by atoms with Crippen molar-refractivity contribution in [3.05, 3.63) is 29.3 Å². The summed E-state index contributed by atoms with van der Waals surface area (Å²) in [5, 5.41) is 2.62. The first-order valence-corrected chi connectivity index (χ1v) is 10.4. The van der Waals surface area contributed by atoms with Gasteiger partial charge in [0.05, 0.1) is 18.5 Å². The highest BCUT2D eigenvalue weighted by molar-refractivity contribution is 7.92. The van der Waals surface area contributed by atoms with Crippen molar-refractivity contribution in [2.75, 3.05) is 23.7 Å². The van der Waals surface area contributed by atoms with Crippen LogP contribution in [0.5, 0.6) is 0 Å². The number of carbonyl (C=O) groups is 1. The highest BCUT2D eigenvalue weighted by Crippen LogP contribution is 2.28. The predicted octanol–water partition coefficient (Wildman–Crippen LogP) is 3.10. The second-order valence-electron chi connectivity index (χ2n) is 6.90. The molecular weight excluding hydrogens is 340 g/mol. The normalized spacial score (nSPS) is 11.9. The molecule has 0 aliphatic rings. The number of hydrogen-bond donors (Lipinski definition) is 1. The maximum atomic E-state index is 12.4. The van der Waals surface area contributed by atoms with E-state index in [9.17, 15) is 13.2 Å². The summed E-state index contributed by atoms with van der Waals surface area (Å²) in [4.78, 5) is 11.8. The minimum atomic E-state index is -3.48. The third-order valence-electron chi connectivity index (χ3n) is 3.60. The number of alkyl carbamates (subject to hydrolysis) is 1. The molecular formula is C18H30N2O4S. The van der Waals surface area contributed by atoms with Crippen LogP contribution in [-0.4, -0.2) is 39.5 Å². The summed E-state index contributed by atoms with van der Waals surface area (Å²) >= 11 is 0. The Morgan fingerprint density at radius 1 is 1.16 bits per heavy atom. The molecule has 6 nitrogen and oxygen atoms in total. The van der Waals surface area contributed by atoms with Gasteiger partial charge in [0.15, 0.2) is 0 Å². The van der Waals surface area contributed by atoms with Crippen LogP contribution in [0.3, 0.4) is 0 Å². The van der Waals surface area contributed by atoms with E-state index in [-0.39, 0.29) is 13.1 Å². The monoisotopic (exact) mass is 370 g/mol. The summed E-state index contributed by atoms with van der Waals surface area (Å²) in [6.07, 6.45) is 2.09. The Labute approximate surface area is 151 Å². The standard InChI is InChI=1S/C18H30N2O4S/c1-7-14-10-9-11-15(8-2)16(14)20(25(6,22)23)13-12-19-17(21)24-18(3,4)5/h9-11H,7-8,12-13H2,1-6H3,(H,19,21). The fourth-order valence-corrected chi connectivity index (χ4v) is 3.54. The van der Waals surface area contributed by atoms with E-state index in [0.717, 1.165) is 29.7 Å². The summed E-state index contributed by atoms with van der Waals surface area (Å²) in [5.41, 5.74) is 2.08. The summed E-state index contributed by atoms with van der Waals surface area (Å²) in [7, 11) is -3.48. The lowest BCUT2D eigenvalue weighted by atomic mass is 10.0. The van der Waals surface area contributed by atoms with E-state index in [4.69, 9.17) is 4.74 Å². The quantitative estimate of drug-likeness (QED) is 0.800. The lowest BCUT2D eigenvalue weighted by Gasteiger charge is -2.27. The van der Waals surface area contributed by atoms with Gasteiger partial charge in [-0.05, 0) is 44.7 Å². The summed E-state index contributed by atoms with van der Waals surface area (Å²) in [6.45, 7) is 9.65. The van der Waals surface area contributed by atoms with E-state index in [0.29, 0.717) is 0 Å². The molecule has 25 heavy (non-hydrogen) atoms. The van der Waals surface area contributed by atoms with Gasteiger partial charge >= 0.3 is 6.09 Å². The van der Waals surface area contributed by atoms with E-state index in [1.165, 1.54) is 10.6 Å². The lowest BCUT2D eigenvalue weighted by molar-refractivity contribution is 0.0529. The Hall–Kier alpha value is -1.76. The van der Waals surface area contributed by atoms with Crippen LogP contribution in [0.1, 0.15) is 45.7 Å². The summed E-state index contributed by atoms with van der Waals surface area (Å²) < 4.78 is 31.3. The Morgan fingerprint density at radius 3 is 2.08 bits per heavy atom. The number of nitrogens with zero attached hydrogens (tertiary/aromatic N) is 1. The first kappa shape index (κ1) is 21.3. The molecule has 0 saturated heterocycles. The minimum absolute atomic E-state index is 0.155.